The summed E-state index contributed by atoms with van der Waals surface area (Å²) in [5.74, 6) is -0.143. The Labute approximate surface area is 185 Å². The van der Waals surface area contributed by atoms with Crippen LogP contribution in [0.5, 0.6) is 11.5 Å². The molecular formula is C26H22O6. The molecule has 0 N–H and O–H groups in total. The van der Waals surface area contributed by atoms with Gasteiger partial charge in [0.15, 0.2) is 0 Å². The van der Waals surface area contributed by atoms with Gasteiger partial charge in [-0.25, -0.2) is 9.59 Å². The van der Waals surface area contributed by atoms with Gasteiger partial charge in [0, 0.05) is 12.8 Å². The molecule has 2 unspecified atom stereocenters. The number of benzene rings is 3. The molecule has 0 radical (unpaired) electrons. The van der Waals surface area contributed by atoms with E-state index in [1.807, 2.05) is 24.3 Å². The van der Waals surface area contributed by atoms with E-state index in [1.165, 1.54) is 0 Å². The summed E-state index contributed by atoms with van der Waals surface area (Å²) in [6, 6.07) is 21.0. The van der Waals surface area contributed by atoms with E-state index in [0.717, 1.165) is 37.2 Å². The van der Waals surface area contributed by atoms with Crippen LogP contribution in [0.15, 0.2) is 72.8 Å². The van der Waals surface area contributed by atoms with Crippen molar-refractivity contribution in [2.75, 3.05) is 13.2 Å². The third-order valence-corrected chi connectivity index (χ3v) is 5.36. The Morgan fingerprint density at radius 1 is 0.625 bits per heavy atom. The van der Waals surface area contributed by atoms with Gasteiger partial charge in [0.25, 0.3) is 0 Å². The molecule has 162 valence electrons. The lowest BCUT2D eigenvalue weighted by Crippen LogP contribution is -2.10. The van der Waals surface area contributed by atoms with Crippen LogP contribution in [-0.2, 0) is 22.3 Å². The zero-order valence-corrected chi connectivity index (χ0v) is 17.4. The van der Waals surface area contributed by atoms with Crippen molar-refractivity contribution in [3.05, 3.63) is 95.1 Å². The molecule has 2 atom stereocenters. The summed E-state index contributed by atoms with van der Waals surface area (Å²) in [5, 5.41) is 0. The highest BCUT2D eigenvalue weighted by molar-refractivity contribution is 5.92. The van der Waals surface area contributed by atoms with Gasteiger partial charge in [-0.2, -0.15) is 0 Å². The third kappa shape index (κ3) is 5.41. The average Bonchev–Trinajstić information content (AvgIpc) is 3.74. The van der Waals surface area contributed by atoms with Crippen LogP contribution in [-0.4, -0.2) is 37.4 Å². The maximum atomic E-state index is 12.4. The number of rotatable bonds is 8. The van der Waals surface area contributed by atoms with E-state index in [9.17, 15) is 9.59 Å². The first-order valence-electron chi connectivity index (χ1n) is 10.6. The van der Waals surface area contributed by atoms with E-state index < -0.39 is 11.9 Å². The van der Waals surface area contributed by atoms with Crippen LogP contribution in [0, 0.1) is 0 Å². The topological polar surface area (TPSA) is 77.7 Å². The monoisotopic (exact) mass is 430 g/mol. The Morgan fingerprint density at radius 2 is 0.969 bits per heavy atom. The number of carbonyl (C=O) groups is 2. The zero-order valence-electron chi connectivity index (χ0n) is 17.4. The van der Waals surface area contributed by atoms with Crippen LogP contribution in [0.2, 0.25) is 0 Å². The van der Waals surface area contributed by atoms with Gasteiger partial charge in [-0.1, -0.05) is 24.3 Å². The van der Waals surface area contributed by atoms with Gasteiger partial charge in [0.2, 0.25) is 0 Å². The van der Waals surface area contributed by atoms with Crippen molar-refractivity contribution < 1.29 is 28.5 Å². The Kier molecular flexibility index (Phi) is 5.71. The molecule has 2 fully saturated rings. The van der Waals surface area contributed by atoms with Crippen molar-refractivity contribution in [2.45, 2.75) is 25.0 Å². The Balaban J connectivity index is 1.14. The number of epoxide rings is 2. The smallest absolute Gasteiger partial charge is 0.343 e. The molecule has 32 heavy (non-hydrogen) atoms. The van der Waals surface area contributed by atoms with Crippen LogP contribution in [0.4, 0.5) is 0 Å². The van der Waals surface area contributed by atoms with E-state index >= 15 is 0 Å². The third-order valence-electron chi connectivity index (χ3n) is 5.36. The van der Waals surface area contributed by atoms with Crippen molar-refractivity contribution in [3.8, 4) is 11.5 Å². The van der Waals surface area contributed by atoms with E-state index in [4.69, 9.17) is 18.9 Å². The van der Waals surface area contributed by atoms with Crippen LogP contribution >= 0.6 is 0 Å². The summed E-state index contributed by atoms with van der Waals surface area (Å²) < 4.78 is 21.3. The number of carbonyl (C=O) groups excluding carboxylic acids is 2. The second kappa shape index (κ2) is 8.94. The Hall–Kier alpha value is -3.48. The van der Waals surface area contributed by atoms with Gasteiger partial charge in [0.1, 0.15) is 11.5 Å². The molecule has 0 amide bonds. The number of esters is 2. The molecule has 0 aromatic heterocycles. The predicted molar refractivity (Wildman–Crippen MR) is 116 cm³/mol. The van der Waals surface area contributed by atoms with E-state index in [0.29, 0.717) is 34.8 Å². The molecular weight excluding hydrogens is 408 g/mol. The number of hydrogen-bond donors (Lipinski definition) is 0. The molecule has 2 aliphatic rings. The SMILES string of the molecule is O=C(Oc1ccc(OC(=O)c2ccc(CC3CO3)cc2)cc1)c1ccc(CC2CO2)cc1. The van der Waals surface area contributed by atoms with Crippen molar-refractivity contribution in [1.29, 1.82) is 0 Å². The molecule has 6 heteroatoms. The summed E-state index contributed by atoms with van der Waals surface area (Å²) in [4.78, 5) is 24.7. The van der Waals surface area contributed by atoms with Crippen LogP contribution < -0.4 is 9.47 Å². The Morgan fingerprint density at radius 3 is 1.28 bits per heavy atom. The predicted octanol–water partition coefficient (Wildman–Crippen LogP) is 4.01. The van der Waals surface area contributed by atoms with Crippen molar-refractivity contribution in [1.82, 2.24) is 0 Å². The van der Waals surface area contributed by atoms with E-state index in [2.05, 4.69) is 0 Å². The largest absolute Gasteiger partial charge is 0.423 e. The fourth-order valence-corrected chi connectivity index (χ4v) is 3.36. The second-order valence-electron chi connectivity index (χ2n) is 7.96. The summed E-state index contributed by atoms with van der Waals surface area (Å²) in [6.45, 7) is 1.61. The number of hydrogen-bond acceptors (Lipinski definition) is 6. The van der Waals surface area contributed by atoms with E-state index in [-0.39, 0.29) is 0 Å². The number of ether oxygens (including phenoxy) is 4. The lowest BCUT2D eigenvalue weighted by molar-refractivity contribution is 0.0719. The normalized spacial score (nSPS) is 18.6. The quantitative estimate of drug-likeness (QED) is 0.305. The lowest BCUT2D eigenvalue weighted by atomic mass is 10.1. The first-order valence-corrected chi connectivity index (χ1v) is 10.6. The van der Waals surface area contributed by atoms with Gasteiger partial charge in [-0.05, 0) is 59.7 Å². The van der Waals surface area contributed by atoms with Gasteiger partial charge in [-0.15, -0.1) is 0 Å². The minimum Gasteiger partial charge on any atom is -0.423 e. The highest BCUT2D eigenvalue weighted by Crippen LogP contribution is 2.22. The average molecular weight is 430 g/mol. The zero-order chi connectivity index (χ0) is 21.9. The first-order chi connectivity index (χ1) is 15.6. The molecule has 0 aliphatic carbocycles. The van der Waals surface area contributed by atoms with Crippen LogP contribution in [0.3, 0.4) is 0 Å². The molecule has 2 heterocycles. The molecule has 0 bridgehead atoms. The lowest BCUT2D eigenvalue weighted by Gasteiger charge is -2.08. The molecule has 5 rings (SSSR count). The minimum atomic E-state index is -0.444. The van der Waals surface area contributed by atoms with Gasteiger partial charge >= 0.3 is 11.9 Å². The highest BCUT2D eigenvalue weighted by atomic mass is 16.6. The fraction of sp³-hybridized carbons (Fsp3) is 0.231. The van der Waals surface area contributed by atoms with Crippen LogP contribution in [0.25, 0.3) is 0 Å². The molecule has 2 saturated heterocycles. The maximum absolute atomic E-state index is 12.4. The molecule has 3 aromatic rings. The second-order valence-corrected chi connectivity index (χ2v) is 7.96. The fourth-order valence-electron chi connectivity index (χ4n) is 3.36. The molecule has 2 aliphatic heterocycles. The minimum absolute atomic E-state index is 0.308. The first kappa shape index (κ1) is 20.4. The summed E-state index contributed by atoms with van der Waals surface area (Å²) in [5.41, 5.74) is 3.19. The van der Waals surface area contributed by atoms with Crippen LogP contribution in [0.1, 0.15) is 31.8 Å². The molecule has 0 spiro atoms. The van der Waals surface area contributed by atoms with Crippen molar-refractivity contribution >= 4 is 11.9 Å². The molecule has 6 nitrogen and oxygen atoms in total. The van der Waals surface area contributed by atoms with Gasteiger partial charge in [0.05, 0.1) is 36.5 Å². The standard InChI is InChI=1S/C26H22O6/c27-25(19-5-1-17(2-6-19)13-23-15-29-23)31-21-9-11-22(12-10-21)32-26(28)20-7-3-18(4-8-20)14-24-16-30-24/h1-12,23-24H,13-16H2. The van der Waals surface area contributed by atoms with Crippen molar-refractivity contribution in [2.24, 2.45) is 0 Å². The maximum Gasteiger partial charge on any atom is 0.343 e. The Bertz CT molecular complexity index is 1000. The molecule has 3 aromatic carbocycles. The van der Waals surface area contributed by atoms with Gasteiger partial charge < -0.3 is 18.9 Å². The summed E-state index contributed by atoms with van der Waals surface area (Å²) >= 11 is 0. The molecule has 0 saturated carbocycles. The van der Waals surface area contributed by atoms with Crippen molar-refractivity contribution in [3.63, 3.8) is 0 Å². The van der Waals surface area contributed by atoms with Gasteiger partial charge in [-0.3, -0.25) is 0 Å². The highest BCUT2D eigenvalue weighted by Gasteiger charge is 2.23. The summed E-state index contributed by atoms with van der Waals surface area (Å²) in [7, 11) is 0. The summed E-state index contributed by atoms with van der Waals surface area (Å²) in [6.07, 6.45) is 2.33. The van der Waals surface area contributed by atoms with E-state index in [1.54, 1.807) is 48.5 Å².